The lowest BCUT2D eigenvalue weighted by molar-refractivity contribution is -0.385. The van der Waals surface area contributed by atoms with E-state index in [0.29, 0.717) is 12.1 Å². The number of anilines is 1. The predicted octanol–water partition coefficient (Wildman–Crippen LogP) is 1.42. The maximum absolute atomic E-state index is 12.3. The molecular formula is C12H16N6O3. The average Bonchev–Trinajstić information content (AvgIpc) is 3.03. The lowest BCUT2D eigenvalue weighted by atomic mass is 10.2. The summed E-state index contributed by atoms with van der Waals surface area (Å²) in [6.07, 6.45) is 4.41. The highest BCUT2D eigenvalue weighted by molar-refractivity contribution is 5.94. The van der Waals surface area contributed by atoms with Gasteiger partial charge in [-0.25, -0.2) is 0 Å². The molecule has 0 radical (unpaired) electrons. The van der Waals surface area contributed by atoms with Crippen LogP contribution in [0, 0.1) is 17.0 Å². The number of aryl methyl sites for hydroxylation is 1. The van der Waals surface area contributed by atoms with Gasteiger partial charge in [0.1, 0.15) is 18.4 Å². The van der Waals surface area contributed by atoms with Gasteiger partial charge in [0, 0.05) is 7.05 Å². The zero-order chi connectivity index (χ0) is 15.6. The molecule has 0 saturated heterocycles. The highest BCUT2D eigenvalue weighted by Crippen LogP contribution is 2.19. The van der Waals surface area contributed by atoms with E-state index in [4.69, 9.17) is 0 Å². The van der Waals surface area contributed by atoms with E-state index in [1.165, 1.54) is 10.9 Å². The summed E-state index contributed by atoms with van der Waals surface area (Å²) in [5.41, 5.74) is 1.30. The van der Waals surface area contributed by atoms with Crippen molar-refractivity contribution in [2.45, 2.75) is 26.3 Å². The Morgan fingerprint density at radius 1 is 1.48 bits per heavy atom. The second-order valence-corrected chi connectivity index (χ2v) is 4.62. The number of carbonyl (C=O) groups is 1. The van der Waals surface area contributed by atoms with Crippen molar-refractivity contribution in [1.29, 1.82) is 0 Å². The minimum Gasteiger partial charge on any atom is -0.321 e. The van der Waals surface area contributed by atoms with Crippen molar-refractivity contribution in [3.8, 4) is 0 Å². The fraction of sp³-hybridized carbons (Fsp3) is 0.417. The van der Waals surface area contributed by atoms with Crippen LogP contribution in [-0.2, 0) is 11.8 Å². The van der Waals surface area contributed by atoms with Crippen molar-refractivity contribution in [2.24, 2.45) is 7.05 Å². The molecule has 9 nitrogen and oxygen atoms in total. The fourth-order valence-corrected chi connectivity index (χ4v) is 1.92. The van der Waals surface area contributed by atoms with E-state index in [2.05, 4.69) is 15.5 Å². The van der Waals surface area contributed by atoms with Gasteiger partial charge in [-0.1, -0.05) is 6.92 Å². The van der Waals surface area contributed by atoms with Crippen molar-refractivity contribution in [3.63, 3.8) is 0 Å². The molecule has 0 aliphatic rings. The van der Waals surface area contributed by atoms with Crippen LogP contribution in [0.4, 0.5) is 11.4 Å². The quantitative estimate of drug-likeness (QED) is 0.662. The van der Waals surface area contributed by atoms with E-state index in [1.807, 2.05) is 13.8 Å². The van der Waals surface area contributed by atoms with Crippen LogP contribution in [0.15, 0.2) is 18.6 Å². The molecule has 0 bridgehead atoms. The van der Waals surface area contributed by atoms with Gasteiger partial charge in [-0.05, 0) is 13.3 Å². The van der Waals surface area contributed by atoms with E-state index in [1.54, 1.807) is 17.9 Å². The number of nitrogens with zero attached hydrogens (tertiary/aromatic N) is 5. The molecule has 0 aromatic carbocycles. The summed E-state index contributed by atoms with van der Waals surface area (Å²) in [5.74, 6) is -0.286. The summed E-state index contributed by atoms with van der Waals surface area (Å²) in [6, 6.07) is -0.613. The van der Waals surface area contributed by atoms with Gasteiger partial charge in [0.05, 0.1) is 22.5 Å². The third-order valence-corrected chi connectivity index (χ3v) is 3.30. The van der Waals surface area contributed by atoms with Crippen LogP contribution in [0.5, 0.6) is 0 Å². The third-order valence-electron chi connectivity index (χ3n) is 3.30. The topological polar surface area (TPSA) is 108 Å². The molecular weight excluding hydrogens is 276 g/mol. The van der Waals surface area contributed by atoms with E-state index >= 15 is 0 Å². The molecule has 1 unspecified atom stereocenters. The summed E-state index contributed by atoms with van der Waals surface area (Å²) in [4.78, 5) is 22.4. The Kier molecular flexibility index (Phi) is 4.01. The van der Waals surface area contributed by atoms with Crippen LogP contribution in [0.2, 0.25) is 0 Å². The second kappa shape index (κ2) is 5.73. The van der Waals surface area contributed by atoms with Crippen LogP contribution >= 0.6 is 0 Å². The maximum atomic E-state index is 12.3. The van der Waals surface area contributed by atoms with Crippen molar-refractivity contribution in [3.05, 3.63) is 34.4 Å². The van der Waals surface area contributed by atoms with Gasteiger partial charge < -0.3 is 5.32 Å². The molecule has 0 aliphatic heterocycles. The van der Waals surface area contributed by atoms with Crippen LogP contribution in [-0.4, -0.2) is 30.4 Å². The Morgan fingerprint density at radius 2 is 2.19 bits per heavy atom. The van der Waals surface area contributed by atoms with E-state index in [0.717, 1.165) is 11.9 Å². The summed E-state index contributed by atoms with van der Waals surface area (Å²) in [7, 11) is 1.78. The number of hydrogen-bond acceptors (Lipinski definition) is 5. The second-order valence-electron chi connectivity index (χ2n) is 4.62. The Morgan fingerprint density at radius 3 is 2.67 bits per heavy atom. The van der Waals surface area contributed by atoms with Gasteiger partial charge in [-0.15, -0.1) is 0 Å². The molecule has 0 saturated carbocycles. The first-order valence-electron chi connectivity index (χ1n) is 6.42. The lowest BCUT2D eigenvalue weighted by Gasteiger charge is -2.14. The Bertz CT molecular complexity index is 674. The van der Waals surface area contributed by atoms with Crippen molar-refractivity contribution >= 4 is 17.3 Å². The van der Waals surface area contributed by atoms with Gasteiger partial charge in [0.2, 0.25) is 5.91 Å². The monoisotopic (exact) mass is 292 g/mol. The molecule has 1 N–H and O–H groups in total. The van der Waals surface area contributed by atoms with Crippen molar-refractivity contribution in [1.82, 2.24) is 19.6 Å². The molecule has 21 heavy (non-hydrogen) atoms. The molecule has 0 fully saturated rings. The van der Waals surface area contributed by atoms with Gasteiger partial charge in [0.15, 0.2) is 0 Å². The van der Waals surface area contributed by atoms with E-state index in [-0.39, 0.29) is 11.6 Å². The smallest absolute Gasteiger partial charge is 0.307 e. The van der Waals surface area contributed by atoms with Gasteiger partial charge in [-0.2, -0.15) is 10.2 Å². The van der Waals surface area contributed by atoms with E-state index < -0.39 is 11.0 Å². The normalized spacial score (nSPS) is 12.1. The zero-order valence-electron chi connectivity index (χ0n) is 12.0. The van der Waals surface area contributed by atoms with Crippen LogP contribution in [0.3, 0.4) is 0 Å². The van der Waals surface area contributed by atoms with E-state index in [9.17, 15) is 14.9 Å². The summed E-state index contributed by atoms with van der Waals surface area (Å²) in [5, 5.41) is 21.4. The number of nitro groups is 1. The predicted molar refractivity (Wildman–Crippen MR) is 74.8 cm³/mol. The average molecular weight is 292 g/mol. The first kappa shape index (κ1) is 14.7. The Labute approximate surface area is 120 Å². The molecule has 0 spiro atoms. The fourth-order valence-electron chi connectivity index (χ4n) is 1.92. The first-order valence-corrected chi connectivity index (χ1v) is 6.42. The number of rotatable bonds is 5. The minimum atomic E-state index is -0.613. The molecule has 9 heteroatoms. The highest BCUT2D eigenvalue weighted by atomic mass is 16.6. The zero-order valence-corrected chi connectivity index (χ0v) is 12.0. The highest BCUT2D eigenvalue weighted by Gasteiger charge is 2.22. The number of nitrogens with one attached hydrogen (secondary N) is 1. The molecule has 1 atom stereocenters. The summed E-state index contributed by atoms with van der Waals surface area (Å²) < 4.78 is 2.95. The number of amides is 1. The van der Waals surface area contributed by atoms with Crippen LogP contribution in [0.25, 0.3) is 0 Å². The molecule has 2 aromatic rings. The Hall–Kier alpha value is -2.71. The standard InChI is InChI=1S/C12H16N6O3/c1-4-11(17-7-9(5-14-17)18(20)21)12(19)15-10-6-13-16(3)8(10)2/h5-7,11H,4H2,1-3H3,(H,15,19). The molecule has 2 heterocycles. The maximum Gasteiger partial charge on any atom is 0.307 e. The largest absolute Gasteiger partial charge is 0.321 e. The van der Waals surface area contributed by atoms with Crippen LogP contribution < -0.4 is 5.32 Å². The minimum absolute atomic E-state index is 0.140. The van der Waals surface area contributed by atoms with Gasteiger partial charge in [0.25, 0.3) is 0 Å². The summed E-state index contributed by atoms with van der Waals surface area (Å²) in [6.45, 7) is 3.65. The SMILES string of the molecule is CCC(C(=O)Nc1cnn(C)c1C)n1cc([N+](=O)[O-])cn1. The number of aromatic nitrogens is 4. The van der Waals surface area contributed by atoms with Gasteiger partial charge >= 0.3 is 5.69 Å². The molecule has 112 valence electrons. The van der Waals surface area contributed by atoms with Gasteiger partial charge in [-0.3, -0.25) is 24.3 Å². The first-order chi connectivity index (χ1) is 9.93. The third kappa shape index (κ3) is 2.91. The number of hydrogen-bond donors (Lipinski definition) is 1. The van der Waals surface area contributed by atoms with Crippen LogP contribution in [0.1, 0.15) is 25.1 Å². The van der Waals surface area contributed by atoms with Crippen molar-refractivity contribution in [2.75, 3.05) is 5.32 Å². The lowest BCUT2D eigenvalue weighted by Crippen LogP contribution is -2.26. The molecule has 0 aliphatic carbocycles. The Balaban J connectivity index is 2.18. The number of carbonyl (C=O) groups excluding carboxylic acids is 1. The van der Waals surface area contributed by atoms with Crippen molar-refractivity contribution < 1.29 is 9.72 Å². The summed E-state index contributed by atoms with van der Waals surface area (Å²) >= 11 is 0. The molecule has 2 rings (SSSR count). The molecule has 2 aromatic heterocycles. The molecule has 1 amide bonds.